The number of esters is 1. The first-order valence-electron chi connectivity index (χ1n) is 10.7. The molecule has 0 radical (unpaired) electrons. The number of ether oxygens (including phenoxy) is 2. The van der Waals surface area contributed by atoms with Crippen molar-refractivity contribution in [3.63, 3.8) is 0 Å². The molecule has 3 aromatic rings. The Kier molecular flexibility index (Phi) is 8.97. The molecular weight excluding hydrogens is 472 g/mol. The van der Waals surface area contributed by atoms with Crippen LogP contribution in [-0.2, 0) is 19.1 Å². The van der Waals surface area contributed by atoms with E-state index in [0.29, 0.717) is 33.5 Å². The number of hydrogen-bond acceptors (Lipinski definition) is 6. The predicted molar refractivity (Wildman–Crippen MR) is 132 cm³/mol. The number of nitrogens with one attached hydrogen (secondary N) is 2. The van der Waals surface area contributed by atoms with Gasteiger partial charge in [-0.2, -0.15) is 0 Å². The summed E-state index contributed by atoms with van der Waals surface area (Å²) in [5.41, 5.74) is 1.54. The van der Waals surface area contributed by atoms with Crippen molar-refractivity contribution in [1.29, 1.82) is 0 Å². The molecule has 0 saturated carbocycles. The van der Waals surface area contributed by atoms with Crippen LogP contribution in [0.3, 0.4) is 0 Å². The largest absolute Gasteiger partial charge is 0.457 e. The van der Waals surface area contributed by atoms with Gasteiger partial charge in [-0.25, -0.2) is 0 Å². The lowest BCUT2D eigenvalue weighted by atomic mass is 10.1. The molecule has 180 valence electrons. The monoisotopic (exact) mass is 494 g/mol. The first kappa shape index (κ1) is 25.5. The summed E-state index contributed by atoms with van der Waals surface area (Å²) in [4.78, 5) is 47.2. The van der Waals surface area contributed by atoms with Crippen LogP contribution >= 0.6 is 11.6 Å². The molecule has 0 saturated heterocycles. The summed E-state index contributed by atoms with van der Waals surface area (Å²) in [6, 6.07) is 20.0. The lowest BCUT2D eigenvalue weighted by Gasteiger charge is -2.09. The molecule has 0 aliphatic carbocycles. The quantitative estimate of drug-likeness (QED) is 0.295. The van der Waals surface area contributed by atoms with Gasteiger partial charge in [-0.3, -0.25) is 19.2 Å². The third kappa shape index (κ3) is 8.60. The van der Waals surface area contributed by atoms with Gasteiger partial charge in [0.05, 0.1) is 6.42 Å². The third-order valence-corrected chi connectivity index (χ3v) is 4.94. The average Bonchev–Trinajstić information content (AvgIpc) is 2.84. The molecule has 3 aromatic carbocycles. The van der Waals surface area contributed by atoms with E-state index < -0.39 is 18.5 Å². The Labute approximate surface area is 207 Å². The van der Waals surface area contributed by atoms with E-state index in [1.165, 1.54) is 6.92 Å². The molecule has 2 N–H and O–H groups in total. The van der Waals surface area contributed by atoms with Gasteiger partial charge in [-0.1, -0.05) is 11.6 Å². The van der Waals surface area contributed by atoms with Crippen molar-refractivity contribution in [3.8, 4) is 11.5 Å². The van der Waals surface area contributed by atoms with Crippen LogP contribution in [0.2, 0.25) is 5.02 Å². The Bertz CT molecular complexity index is 1190. The number of ketones is 1. The summed E-state index contributed by atoms with van der Waals surface area (Å²) in [5, 5.41) is 5.85. The number of Topliss-reactive ketones (excluding diaryl/α,β-unsaturated/α-hetero) is 1. The van der Waals surface area contributed by atoms with Crippen LogP contribution in [0.25, 0.3) is 0 Å². The molecule has 0 spiro atoms. The smallest absolute Gasteiger partial charge is 0.306 e. The highest BCUT2D eigenvalue weighted by Crippen LogP contribution is 2.24. The van der Waals surface area contributed by atoms with Gasteiger partial charge in [0.1, 0.15) is 11.5 Å². The number of benzene rings is 3. The lowest BCUT2D eigenvalue weighted by Crippen LogP contribution is -2.21. The van der Waals surface area contributed by atoms with Gasteiger partial charge in [0.2, 0.25) is 5.91 Å². The fourth-order valence-electron chi connectivity index (χ4n) is 2.89. The number of rotatable bonds is 10. The van der Waals surface area contributed by atoms with Gasteiger partial charge in [-0.05, 0) is 79.7 Å². The minimum Gasteiger partial charge on any atom is -0.457 e. The predicted octanol–water partition coefficient (Wildman–Crippen LogP) is 5.24. The molecule has 8 nitrogen and oxygen atoms in total. The van der Waals surface area contributed by atoms with E-state index in [0.717, 1.165) is 0 Å². The van der Waals surface area contributed by atoms with Gasteiger partial charge in [0, 0.05) is 28.4 Å². The normalized spacial score (nSPS) is 10.2. The zero-order valence-corrected chi connectivity index (χ0v) is 19.6. The highest BCUT2D eigenvalue weighted by molar-refractivity contribution is 6.30. The average molecular weight is 495 g/mol. The van der Waals surface area contributed by atoms with Crippen LogP contribution < -0.4 is 15.4 Å². The fraction of sp³-hybridized carbons (Fsp3) is 0.154. The first-order chi connectivity index (χ1) is 16.8. The van der Waals surface area contributed by atoms with Gasteiger partial charge in [-0.15, -0.1) is 0 Å². The second kappa shape index (κ2) is 12.3. The lowest BCUT2D eigenvalue weighted by molar-refractivity contribution is -0.147. The van der Waals surface area contributed by atoms with Crippen molar-refractivity contribution in [3.05, 3.63) is 83.4 Å². The summed E-state index contributed by atoms with van der Waals surface area (Å²) < 4.78 is 10.6. The second-order valence-electron chi connectivity index (χ2n) is 7.47. The molecule has 0 unspecified atom stereocenters. The molecule has 0 aliphatic heterocycles. The summed E-state index contributed by atoms with van der Waals surface area (Å²) >= 11 is 5.85. The van der Waals surface area contributed by atoms with E-state index in [2.05, 4.69) is 10.6 Å². The van der Waals surface area contributed by atoms with Crippen LogP contribution in [0.4, 0.5) is 11.4 Å². The Morgan fingerprint density at radius 3 is 1.80 bits per heavy atom. The Balaban J connectivity index is 1.35. The SMILES string of the molecule is CC(=O)c1ccc(NC(=O)COC(=O)CCC(=O)Nc2ccc(Oc3ccc(Cl)cc3)cc2)cc1. The van der Waals surface area contributed by atoms with E-state index in [1.54, 1.807) is 72.8 Å². The Hall–Kier alpha value is -4.17. The first-order valence-corrected chi connectivity index (χ1v) is 11.1. The molecule has 9 heteroatoms. The molecule has 0 aromatic heterocycles. The summed E-state index contributed by atoms with van der Waals surface area (Å²) in [7, 11) is 0. The van der Waals surface area contributed by atoms with Crippen molar-refractivity contribution >= 4 is 46.5 Å². The number of halogens is 1. The van der Waals surface area contributed by atoms with Gasteiger partial charge < -0.3 is 20.1 Å². The van der Waals surface area contributed by atoms with Crippen LogP contribution in [0.15, 0.2) is 72.8 Å². The number of carbonyl (C=O) groups is 4. The van der Waals surface area contributed by atoms with Gasteiger partial charge in [0.15, 0.2) is 12.4 Å². The number of carbonyl (C=O) groups excluding carboxylic acids is 4. The minimum atomic E-state index is -0.672. The van der Waals surface area contributed by atoms with E-state index in [9.17, 15) is 19.2 Å². The maximum absolute atomic E-state index is 12.1. The fourth-order valence-corrected chi connectivity index (χ4v) is 3.01. The maximum atomic E-state index is 12.1. The second-order valence-corrected chi connectivity index (χ2v) is 7.91. The van der Waals surface area contributed by atoms with Gasteiger partial charge in [0.25, 0.3) is 5.91 Å². The summed E-state index contributed by atoms with van der Waals surface area (Å²) in [5.74, 6) is -0.441. The van der Waals surface area contributed by atoms with Crippen molar-refractivity contribution in [2.24, 2.45) is 0 Å². The highest BCUT2D eigenvalue weighted by Gasteiger charge is 2.11. The van der Waals surface area contributed by atoms with E-state index in [1.807, 2.05) is 0 Å². The van der Waals surface area contributed by atoms with Gasteiger partial charge >= 0.3 is 5.97 Å². The standard InChI is InChI=1S/C26H23ClN2O6/c1-17(30)18-2-6-20(7-3-18)29-25(32)16-34-26(33)15-14-24(31)28-21-8-12-23(13-9-21)35-22-10-4-19(27)5-11-22/h2-13H,14-16H2,1H3,(H,28,31)(H,29,32). The van der Waals surface area contributed by atoms with E-state index >= 15 is 0 Å². The molecule has 35 heavy (non-hydrogen) atoms. The molecule has 2 amide bonds. The molecule has 0 fully saturated rings. The minimum absolute atomic E-state index is 0.0824. The maximum Gasteiger partial charge on any atom is 0.306 e. The number of anilines is 2. The molecule has 3 rings (SSSR count). The summed E-state index contributed by atoms with van der Waals surface area (Å²) in [6.45, 7) is 0.965. The summed E-state index contributed by atoms with van der Waals surface area (Å²) in [6.07, 6.45) is -0.278. The molecular formula is C26H23ClN2O6. The highest BCUT2D eigenvalue weighted by atomic mass is 35.5. The molecule has 0 bridgehead atoms. The molecule has 0 atom stereocenters. The van der Waals surface area contributed by atoms with Crippen LogP contribution in [0.1, 0.15) is 30.1 Å². The Morgan fingerprint density at radius 2 is 1.23 bits per heavy atom. The van der Waals surface area contributed by atoms with Crippen molar-refractivity contribution in [2.75, 3.05) is 17.2 Å². The van der Waals surface area contributed by atoms with Crippen LogP contribution in [0.5, 0.6) is 11.5 Å². The third-order valence-electron chi connectivity index (χ3n) is 4.68. The van der Waals surface area contributed by atoms with Crippen molar-refractivity contribution in [1.82, 2.24) is 0 Å². The zero-order chi connectivity index (χ0) is 25.2. The van der Waals surface area contributed by atoms with Crippen molar-refractivity contribution < 1.29 is 28.7 Å². The van der Waals surface area contributed by atoms with E-state index in [4.69, 9.17) is 21.1 Å². The zero-order valence-electron chi connectivity index (χ0n) is 18.9. The topological polar surface area (TPSA) is 111 Å². The van der Waals surface area contributed by atoms with Crippen LogP contribution in [0, 0.1) is 0 Å². The number of hydrogen-bond donors (Lipinski definition) is 2. The molecule has 0 heterocycles. The van der Waals surface area contributed by atoms with Crippen LogP contribution in [-0.4, -0.2) is 30.2 Å². The number of amides is 2. The van der Waals surface area contributed by atoms with E-state index in [-0.39, 0.29) is 24.5 Å². The Morgan fingerprint density at radius 1 is 0.714 bits per heavy atom. The molecule has 0 aliphatic rings. The van der Waals surface area contributed by atoms with Crippen molar-refractivity contribution in [2.45, 2.75) is 19.8 Å².